The standard InChI is InChI=1S/C13H13FN4O2S3/c1-7(11(20)16-9-4-2-8(14)3-5-9)22-13-18-17-12(23-13)21-6-10(15)19/h2-5,7H,6H2,1H3,(H2,15,19)(H,16,20)/t7-/m1/s1. The zero-order valence-electron chi connectivity index (χ0n) is 12.0. The van der Waals surface area contributed by atoms with Crippen LogP contribution in [0.2, 0.25) is 0 Å². The third-order valence-electron chi connectivity index (χ3n) is 2.48. The molecule has 0 saturated heterocycles. The summed E-state index contributed by atoms with van der Waals surface area (Å²) in [5.41, 5.74) is 5.59. The molecule has 1 aromatic heterocycles. The van der Waals surface area contributed by atoms with Gasteiger partial charge in [-0.2, -0.15) is 0 Å². The Kier molecular flexibility index (Phi) is 6.37. The van der Waals surface area contributed by atoms with E-state index in [-0.39, 0.29) is 17.5 Å². The van der Waals surface area contributed by atoms with Crippen molar-refractivity contribution in [1.29, 1.82) is 0 Å². The molecule has 0 aliphatic carbocycles. The smallest absolute Gasteiger partial charge is 0.237 e. The van der Waals surface area contributed by atoms with Gasteiger partial charge in [-0.3, -0.25) is 9.59 Å². The Balaban J connectivity index is 1.88. The molecule has 122 valence electrons. The lowest BCUT2D eigenvalue weighted by atomic mass is 10.3. The van der Waals surface area contributed by atoms with Crippen molar-refractivity contribution in [2.45, 2.75) is 20.9 Å². The second-order valence-electron chi connectivity index (χ2n) is 4.35. The predicted molar refractivity (Wildman–Crippen MR) is 90.2 cm³/mol. The number of aromatic nitrogens is 2. The van der Waals surface area contributed by atoms with Crippen LogP contribution in [-0.4, -0.2) is 33.0 Å². The Morgan fingerprint density at radius 1 is 1.30 bits per heavy atom. The van der Waals surface area contributed by atoms with Gasteiger partial charge in [0.25, 0.3) is 0 Å². The molecule has 2 amide bonds. The van der Waals surface area contributed by atoms with Crippen LogP contribution < -0.4 is 11.1 Å². The quantitative estimate of drug-likeness (QED) is 0.724. The Morgan fingerprint density at radius 2 is 1.96 bits per heavy atom. The number of halogens is 1. The number of benzene rings is 1. The van der Waals surface area contributed by atoms with Crippen molar-refractivity contribution in [3.63, 3.8) is 0 Å². The van der Waals surface area contributed by atoms with Gasteiger partial charge in [0.1, 0.15) is 5.82 Å². The lowest BCUT2D eigenvalue weighted by Gasteiger charge is -2.10. The molecule has 3 N–H and O–H groups in total. The Morgan fingerprint density at radius 3 is 2.61 bits per heavy atom. The van der Waals surface area contributed by atoms with Crippen LogP contribution in [0, 0.1) is 5.82 Å². The second-order valence-corrected chi connectivity index (χ2v) is 8.13. The maximum atomic E-state index is 12.8. The maximum absolute atomic E-state index is 12.8. The van der Waals surface area contributed by atoms with E-state index in [2.05, 4.69) is 15.5 Å². The molecule has 0 aliphatic rings. The molecule has 0 saturated carbocycles. The van der Waals surface area contributed by atoms with E-state index in [0.717, 1.165) is 0 Å². The van der Waals surface area contributed by atoms with Crippen LogP contribution in [0.5, 0.6) is 0 Å². The fourth-order valence-corrected chi connectivity index (χ4v) is 4.32. The zero-order valence-corrected chi connectivity index (χ0v) is 14.4. The largest absolute Gasteiger partial charge is 0.369 e. The van der Waals surface area contributed by atoms with Crippen molar-refractivity contribution in [3.8, 4) is 0 Å². The minimum atomic E-state index is -0.425. The Labute approximate surface area is 144 Å². The first kappa shape index (κ1) is 17.7. The number of nitrogens with two attached hydrogens (primary N) is 1. The molecule has 0 unspecified atom stereocenters. The van der Waals surface area contributed by atoms with E-state index >= 15 is 0 Å². The first-order chi connectivity index (χ1) is 10.9. The number of nitrogens with one attached hydrogen (secondary N) is 1. The summed E-state index contributed by atoms with van der Waals surface area (Å²) < 4.78 is 14.1. The molecule has 2 rings (SSSR count). The van der Waals surface area contributed by atoms with Crippen LogP contribution in [0.15, 0.2) is 32.9 Å². The molecular weight excluding hydrogens is 359 g/mol. The van der Waals surface area contributed by atoms with E-state index in [0.29, 0.717) is 14.4 Å². The summed E-state index contributed by atoms with van der Waals surface area (Å²) >= 11 is 3.76. The lowest BCUT2D eigenvalue weighted by molar-refractivity contribution is -0.116. The number of nitrogens with zero attached hydrogens (tertiary/aromatic N) is 2. The SMILES string of the molecule is C[C@@H](Sc1nnc(SCC(N)=O)s1)C(=O)Nc1ccc(F)cc1. The molecule has 1 heterocycles. The van der Waals surface area contributed by atoms with Crippen molar-refractivity contribution in [2.24, 2.45) is 5.73 Å². The van der Waals surface area contributed by atoms with Crippen LogP contribution in [0.25, 0.3) is 0 Å². The number of carbonyl (C=O) groups is 2. The minimum absolute atomic E-state index is 0.139. The van der Waals surface area contributed by atoms with E-state index < -0.39 is 11.2 Å². The molecular formula is C13H13FN4O2S3. The van der Waals surface area contributed by atoms with E-state index in [1.54, 1.807) is 6.92 Å². The van der Waals surface area contributed by atoms with Gasteiger partial charge in [0.05, 0.1) is 11.0 Å². The summed E-state index contributed by atoms with van der Waals surface area (Å²) in [4.78, 5) is 22.8. The average Bonchev–Trinajstić information content (AvgIpc) is 2.95. The highest BCUT2D eigenvalue weighted by Crippen LogP contribution is 2.31. The van der Waals surface area contributed by atoms with Gasteiger partial charge in [-0.25, -0.2) is 4.39 Å². The van der Waals surface area contributed by atoms with Crippen LogP contribution >= 0.6 is 34.9 Å². The topological polar surface area (TPSA) is 98.0 Å². The van der Waals surface area contributed by atoms with Gasteiger partial charge < -0.3 is 11.1 Å². The van der Waals surface area contributed by atoms with Crippen molar-refractivity contribution in [2.75, 3.05) is 11.1 Å². The molecule has 2 aromatic rings. The van der Waals surface area contributed by atoms with Crippen molar-refractivity contribution < 1.29 is 14.0 Å². The van der Waals surface area contributed by atoms with Gasteiger partial charge in [0.2, 0.25) is 11.8 Å². The minimum Gasteiger partial charge on any atom is -0.369 e. The molecule has 1 atom stereocenters. The number of hydrogen-bond donors (Lipinski definition) is 2. The van der Waals surface area contributed by atoms with E-state index in [9.17, 15) is 14.0 Å². The van der Waals surface area contributed by atoms with Crippen LogP contribution in [0.3, 0.4) is 0 Å². The summed E-state index contributed by atoms with van der Waals surface area (Å²) in [5.74, 6) is -0.866. The first-order valence-corrected chi connectivity index (χ1v) is 9.10. The number of primary amides is 1. The second kappa shape index (κ2) is 8.27. The molecule has 0 radical (unpaired) electrons. The zero-order chi connectivity index (χ0) is 16.8. The summed E-state index contributed by atoms with van der Waals surface area (Å²) in [7, 11) is 0. The van der Waals surface area contributed by atoms with Gasteiger partial charge in [0, 0.05) is 5.69 Å². The van der Waals surface area contributed by atoms with Gasteiger partial charge in [-0.05, 0) is 31.2 Å². The maximum Gasteiger partial charge on any atom is 0.237 e. The summed E-state index contributed by atoms with van der Waals surface area (Å²) in [5, 5.41) is 10.2. The highest BCUT2D eigenvalue weighted by atomic mass is 32.2. The molecule has 6 nitrogen and oxygen atoms in total. The third kappa shape index (κ3) is 5.81. The molecule has 0 spiro atoms. The van der Waals surface area contributed by atoms with Gasteiger partial charge in [-0.15, -0.1) is 10.2 Å². The summed E-state index contributed by atoms with van der Waals surface area (Å²) in [6, 6.07) is 5.54. The number of hydrogen-bond acceptors (Lipinski definition) is 7. The molecule has 23 heavy (non-hydrogen) atoms. The Bertz CT molecular complexity index is 693. The van der Waals surface area contributed by atoms with E-state index in [1.165, 1.54) is 59.1 Å². The monoisotopic (exact) mass is 372 g/mol. The highest BCUT2D eigenvalue weighted by Gasteiger charge is 2.17. The molecule has 1 aromatic carbocycles. The van der Waals surface area contributed by atoms with Gasteiger partial charge in [0.15, 0.2) is 8.68 Å². The number of rotatable bonds is 7. The van der Waals surface area contributed by atoms with Gasteiger partial charge >= 0.3 is 0 Å². The van der Waals surface area contributed by atoms with E-state index in [4.69, 9.17) is 5.73 Å². The fraction of sp³-hybridized carbons (Fsp3) is 0.231. The number of anilines is 1. The summed E-state index contributed by atoms with van der Waals surface area (Å²) in [6.07, 6.45) is 0. The first-order valence-electron chi connectivity index (χ1n) is 6.41. The van der Waals surface area contributed by atoms with Crippen molar-refractivity contribution in [1.82, 2.24) is 10.2 Å². The van der Waals surface area contributed by atoms with Gasteiger partial charge in [-0.1, -0.05) is 34.9 Å². The van der Waals surface area contributed by atoms with Crippen LogP contribution in [0.1, 0.15) is 6.92 Å². The van der Waals surface area contributed by atoms with Crippen molar-refractivity contribution >= 4 is 52.4 Å². The normalized spacial score (nSPS) is 11.9. The van der Waals surface area contributed by atoms with Crippen molar-refractivity contribution in [3.05, 3.63) is 30.1 Å². The van der Waals surface area contributed by atoms with Crippen LogP contribution in [0.4, 0.5) is 10.1 Å². The third-order valence-corrected chi connectivity index (χ3v) is 5.75. The van der Waals surface area contributed by atoms with Crippen LogP contribution in [-0.2, 0) is 9.59 Å². The molecule has 0 aliphatic heterocycles. The molecule has 10 heteroatoms. The molecule has 0 bridgehead atoms. The van der Waals surface area contributed by atoms with E-state index in [1.807, 2.05) is 0 Å². The predicted octanol–water partition coefficient (Wildman–Crippen LogP) is 2.37. The number of thioether (sulfide) groups is 2. The summed E-state index contributed by atoms with van der Waals surface area (Å²) in [6.45, 7) is 1.74. The number of amides is 2. The lowest BCUT2D eigenvalue weighted by Crippen LogP contribution is -2.22. The molecule has 0 fully saturated rings. The average molecular weight is 372 g/mol. The number of carbonyl (C=O) groups excluding carboxylic acids is 2. The highest BCUT2D eigenvalue weighted by molar-refractivity contribution is 8.04. The fourth-order valence-electron chi connectivity index (χ4n) is 1.42. The Hall–Kier alpha value is -1.65.